The molecule has 0 fully saturated rings. The lowest BCUT2D eigenvalue weighted by Crippen LogP contribution is -2.22. The topological polar surface area (TPSA) is 64.2 Å². The van der Waals surface area contributed by atoms with Gasteiger partial charge in [-0.25, -0.2) is 0 Å². The molecule has 0 aliphatic heterocycles. The summed E-state index contributed by atoms with van der Waals surface area (Å²) in [5, 5.41) is 0. The minimum atomic E-state index is -4.94. The maximum Gasteiger partial charge on any atom is 0.454 e. The number of hydrogen-bond donors (Lipinski definition) is 0. The number of para-hydroxylation sites is 1. The van der Waals surface area contributed by atoms with Crippen LogP contribution in [0.5, 0.6) is 0 Å². The monoisotopic (exact) mass is 1270 g/mol. The first-order valence-electron chi connectivity index (χ1n) is 30.6. The summed E-state index contributed by atoms with van der Waals surface area (Å²) >= 11 is 0. The molecule has 95 heavy (non-hydrogen) atoms. The maximum absolute atomic E-state index is 13.0. The maximum atomic E-state index is 13.0. The van der Waals surface area contributed by atoms with E-state index < -0.39 is 35.0 Å². The molecule has 0 bridgehead atoms. The van der Waals surface area contributed by atoms with Crippen molar-refractivity contribution >= 4 is 85.6 Å². The zero-order valence-corrected chi connectivity index (χ0v) is 52.6. The van der Waals surface area contributed by atoms with Crippen LogP contribution in [0.1, 0.15) is 60.3 Å². The van der Waals surface area contributed by atoms with Gasteiger partial charge in [0.25, 0.3) is 11.6 Å². The second-order valence-electron chi connectivity index (χ2n) is 23.1. The molecule has 0 unspecified atom stereocenters. The van der Waals surface area contributed by atoms with Crippen LogP contribution in [0.15, 0.2) is 297 Å². The van der Waals surface area contributed by atoms with Crippen molar-refractivity contribution in [3.63, 3.8) is 0 Å². The Morgan fingerprint density at radius 2 is 0.400 bits per heavy atom. The molecule has 0 spiro atoms. The van der Waals surface area contributed by atoms with Crippen LogP contribution in [0.25, 0.3) is 22.3 Å². The number of carbonyl (C=O) groups is 3. The Bertz CT molecular complexity index is 4590. The SMILES string of the molecule is CC(=O)c1ccc(N(c2ccc(C)cc2)c2ccc(-c3ccc(N(c4ccc(C)cc4)c4ccc(C(=O)C(F)(F)F)cc4)cc3)cc2)cc1.Cc1ccc(N(c2ccccc2)c2ccc(-c3ccc(N(c4ccc(C)cc4)c4ccc(C(=O)C(F)(F)F)cc4)cc3)cc2)cc1. The fourth-order valence-corrected chi connectivity index (χ4v) is 11.0. The van der Waals surface area contributed by atoms with E-state index in [9.17, 15) is 40.7 Å². The van der Waals surface area contributed by atoms with Crippen molar-refractivity contribution < 1.29 is 40.7 Å². The lowest BCUT2D eigenvalue weighted by molar-refractivity contribution is -0.0888. The van der Waals surface area contributed by atoms with Gasteiger partial charge in [0, 0.05) is 84.9 Å². The lowest BCUT2D eigenvalue weighted by Gasteiger charge is -2.26. The molecule has 12 aromatic rings. The van der Waals surface area contributed by atoms with Crippen molar-refractivity contribution in [3.8, 4) is 22.3 Å². The van der Waals surface area contributed by atoms with Gasteiger partial charge in [-0.15, -0.1) is 0 Å². The highest BCUT2D eigenvalue weighted by atomic mass is 19.4. The van der Waals surface area contributed by atoms with Gasteiger partial charge in [-0.3, -0.25) is 14.4 Å². The van der Waals surface area contributed by atoms with Gasteiger partial charge in [-0.1, -0.05) is 138 Å². The molecule has 0 amide bonds. The fourth-order valence-electron chi connectivity index (χ4n) is 11.0. The molecule has 13 heteroatoms. The van der Waals surface area contributed by atoms with E-state index in [4.69, 9.17) is 0 Å². The molecular weight excluding hydrogens is 1200 g/mol. The predicted octanol–water partition coefficient (Wildman–Crippen LogP) is 23.5. The summed E-state index contributed by atoms with van der Waals surface area (Å²) in [6, 6.07) is 93.9. The van der Waals surface area contributed by atoms with E-state index in [0.717, 1.165) is 95.8 Å². The zero-order valence-electron chi connectivity index (χ0n) is 52.6. The molecule has 0 atom stereocenters. The quantitative estimate of drug-likeness (QED) is 0.0665. The highest BCUT2D eigenvalue weighted by Gasteiger charge is 2.40. The zero-order chi connectivity index (χ0) is 67.0. The van der Waals surface area contributed by atoms with Gasteiger partial charge >= 0.3 is 12.4 Å². The van der Waals surface area contributed by atoms with Crippen LogP contribution in [-0.2, 0) is 0 Å². The van der Waals surface area contributed by atoms with Crippen LogP contribution in [0.4, 0.5) is 94.6 Å². The molecule has 0 radical (unpaired) electrons. The molecule has 0 saturated carbocycles. The average Bonchev–Trinajstić information content (AvgIpc) is 0.834. The van der Waals surface area contributed by atoms with Gasteiger partial charge in [-0.2, -0.15) is 26.3 Å². The number of hydrogen-bond acceptors (Lipinski definition) is 7. The van der Waals surface area contributed by atoms with Gasteiger partial charge in [0.2, 0.25) is 0 Å². The third kappa shape index (κ3) is 15.3. The summed E-state index contributed by atoms with van der Waals surface area (Å²) in [5.41, 5.74) is 19.0. The Kier molecular flexibility index (Phi) is 19.2. The Morgan fingerprint density at radius 3 is 0.589 bits per heavy atom. The summed E-state index contributed by atoms with van der Waals surface area (Å²) < 4.78 is 78.1. The van der Waals surface area contributed by atoms with Crippen LogP contribution in [0.2, 0.25) is 0 Å². The van der Waals surface area contributed by atoms with Crippen LogP contribution < -0.4 is 19.6 Å². The van der Waals surface area contributed by atoms with Crippen LogP contribution >= 0.6 is 0 Å². The van der Waals surface area contributed by atoms with Gasteiger partial charge in [-0.05, 0) is 239 Å². The molecule has 0 saturated heterocycles. The number of Topliss-reactive ketones (excluding diaryl/α,β-unsaturated/α-hetero) is 3. The van der Waals surface area contributed by atoms with E-state index in [1.54, 1.807) is 6.92 Å². The Morgan fingerprint density at radius 1 is 0.232 bits per heavy atom. The largest absolute Gasteiger partial charge is 0.454 e. The lowest BCUT2D eigenvalue weighted by atomic mass is 10.0. The molecule has 0 N–H and O–H groups in total. The number of alkyl halides is 6. The summed E-state index contributed by atoms with van der Waals surface area (Å²) in [7, 11) is 0. The Balaban J connectivity index is 0.000000194. The molecule has 0 aliphatic carbocycles. The Labute approximate surface area is 548 Å². The van der Waals surface area contributed by atoms with Crippen LogP contribution in [0.3, 0.4) is 0 Å². The first-order valence-corrected chi connectivity index (χ1v) is 30.6. The normalized spacial score (nSPS) is 11.2. The smallest absolute Gasteiger partial charge is 0.311 e. The molecular formula is C82H64F6N4O3. The van der Waals surface area contributed by atoms with Crippen LogP contribution in [0, 0.1) is 27.7 Å². The molecule has 0 aromatic heterocycles. The second kappa shape index (κ2) is 28.1. The third-order valence-corrected chi connectivity index (χ3v) is 16.2. The summed E-state index contributed by atoms with van der Waals surface area (Å²) in [5.74, 6) is -3.72. The molecule has 0 heterocycles. The standard InChI is InChI=1S/C42H33F3N2O2.C40H31F3N2O/c1-28-4-16-35(17-5-28)46(37-20-8-31(9-21-37)30(3)48)38-22-10-32(11-23-38)33-12-24-39(25-13-33)47(36-18-6-29(2)7-19-36)40-26-14-34(15-27-40)41(49)42(43,44)45;1-28-8-18-34(19-9-28)44(33-6-4-3-5-7-33)36-22-12-30(13-23-36)31-14-24-37(25-15-31)45(35-20-10-29(2)11-21-35)38-26-16-32(17-27-38)39(46)40(41,42)43/h4-27H,1-3H3;3-27H,1-2H3. The number of aryl methyl sites for hydroxylation is 4. The van der Waals surface area contributed by atoms with Gasteiger partial charge in [0.15, 0.2) is 5.78 Å². The number of benzene rings is 12. The Hall–Kier alpha value is -11.6. The van der Waals surface area contributed by atoms with Gasteiger partial charge in [0.1, 0.15) is 0 Å². The summed E-state index contributed by atoms with van der Waals surface area (Å²) in [6.45, 7) is 9.65. The summed E-state index contributed by atoms with van der Waals surface area (Å²) in [4.78, 5) is 43.7. The molecule has 472 valence electrons. The number of nitrogens with zero attached hydrogens (tertiary/aromatic N) is 4. The van der Waals surface area contributed by atoms with Crippen molar-refractivity contribution in [2.24, 2.45) is 0 Å². The first kappa shape index (κ1) is 64.9. The fraction of sp³-hybridized carbons (Fsp3) is 0.0854. The van der Waals surface area contributed by atoms with Crippen LogP contribution in [-0.4, -0.2) is 29.7 Å². The van der Waals surface area contributed by atoms with E-state index in [1.165, 1.54) is 54.1 Å². The highest BCUT2D eigenvalue weighted by molar-refractivity contribution is 6.01. The number of ketones is 3. The molecule has 12 rings (SSSR count). The number of carbonyl (C=O) groups excluding carboxylic acids is 3. The second-order valence-corrected chi connectivity index (χ2v) is 23.1. The van der Waals surface area contributed by atoms with E-state index in [1.807, 2.05) is 170 Å². The van der Waals surface area contributed by atoms with E-state index in [0.29, 0.717) is 16.9 Å². The predicted molar refractivity (Wildman–Crippen MR) is 372 cm³/mol. The van der Waals surface area contributed by atoms with Crippen molar-refractivity contribution in [1.29, 1.82) is 0 Å². The first-order chi connectivity index (χ1) is 45.6. The van der Waals surface area contributed by atoms with E-state index in [-0.39, 0.29) is 5.78 Å². The van der Waals surface area contributed by atoms with Gasteiger partial charge < -0.3 is 19.6 Å². The van der Waals surface area contributed by atoms with E-state index >= 15 is 0 Å². The number of rotatable bonds is 17. The van der Waals surface area contributed by atoms with Crippen molar-refractivity contribution in [2.45, 2.75) is 47.0 Å². The third-order valence-electron chi connectivity index (χ3n) is 16.2. The van der Waals surface area contributed by atoms with Gasteiger partial charge in [0.05, 0.1) is 0 Å². The van der Waals surface area contributed by atoms with Crippen molar-refractivity contribution in [3.05, 3.63) is 336 Å². The number of anilines is 12. The average molecular weight is 1270 g/mol. The highest BCUT2D eigenvalue weighted by Crippen LogP contribution is 2.42. The minimum absolute atomic E-state index is 0.0149. The summed E-state index contributed by atoms with van der Waals surface area (Å²) in [6.07, 6.45) is -9.86. The molecule has 12 aromatic carbocycles. The number of halogens is 6. The van der Waals surface area contributed by atoms with Crippen molar-refractivity contribution in [1.82, 2.24) is 0 Å². The molecule has 7 nitrogen and oxygen atoms in total. The minimum Gasteiger partial charge on any atom is -0.311 e. The molecule has 0 aliphatic rings. The van der Waals surface area contributed by atoms with E-state index in [2.05, 4.69) is 126 Å². The van der Waals surface area contributed by atoms with Crippen molar-refractivity contribution in [2.75, 3.05) is 19.6 Å².